The molecule has 11 heavy (non-hydrogen) atoms. The molecule has 0 fully saturated rings. The van der Waals surface area contributed by atoms with E-state index in [9.17, 15) is 9.59 Å². The highest BCUT2D eigenvalue weighted by Crippen LogP contribution is 1.97. The highest BCUT2D eigenvalue weighted by atomic mass is 32.2. The van der Waals surface area contributed by atoms with E-state index in [0.717, 1.165) is 0 Å². The van der Waals surface area contributed by atoms with Crippen molar-refractivity contribution in [3.8, 4) is 0 Å². The van der Waals surface area contributed by atoms with Crippen molar-refractivity contribution in [2.75, 3.05) is 18.8 Å². The van der Waals surface area contributed by atoms with E-state index in [1.807, 2.05) is 0 Å². The van der Waals surface area contributed by atoms with Crippen LogP contribution in [0.25, 0.3) is 0 Å². The molecule has 0 aromatic rings. The Bertz CT molecular complexity index is 150. The number of amides is 1. The van der Waals surface area contributed by atoms with Gasteiger partial charge in [-0.2, -0.15) is 0 Å². The Morgan fingerprint density at radius 1 is 1.55 bits per heavy atom. The van der Waals surface area contributed by atoms with Crippen molar-refractivity contribution >= 4 is 22.8 Å². The van der Waals surface area contributed by atoms with Gasteiger partial charge in [0.1, 0.15) is 0 Å². The summed E-state index contributed by atoms with van der Waals surface area (Å²) < 4.78 is 0. The van der Waals surface area contributed by atoms with Crippen molar-refractivity contribution in [2.45, 2.75) is 6.92 Å². The minimum absolute atomic E-state index is 0.00470. The summed E-state index contributed by atoms with van der Waals surface area (Å²) in [5.41, 5.74) is 5.03. The Morgan fingerprint density at radius 3 is 2.64 bits per heavy atom. The molecule has 0 heterocycles. The third-order valence-electron chi connectivity index (χ3n) is 0.915. The van der Waals surface area contributed by atoms with Gasteiger partial charge in [-0.25, -0.2) is 0 Å². The zero-order valence-electron chi connectivity index (χ0n) is 6.42. The van der Waals surface area contributed by atoms with Crippen LogP contribution in [0, 0.1) is 0 Å². The smallest absolute Gasteiger partial charge is 0.233 e. The molecule has 0 saturated carbocycles. The molecule has 0 unspecified atom stereocenters. The first kappa shape index (κ1) is 10.4. The monoisotopic (exact) mass is 176 g/mol. The van der Waals surface area contributed by atoms with Crippen LogP contribution in [0.15, 0.2) is 0 Å². The van der Waals surface area contributed by atoms with E-state index in [2.05, 4.69) is 5.32 Å². The molecule has 0 spiro atoms. The molecule has 5 heteroatoms. The fourth-order valence-corrected chi connectivity index (χ4v) is 0.949. The lowest BCUT2D eigenvalue weighted by Crippen LogP contribution is -2.31. The first-order chi connectivity index (χ1) is 5.16. The van der Waals surface area contributed by atoms with Crippen LogP contribution in [0.2, 0.25) is 0 Å². The van der Waals surface area contributed by atoms with Gasteiger partial charge in [0.2, 0.25) is 5.91 Å². The van der Waals surface area contributed by atoms with Gasteiger partial charge in [-0.15, -0.1) is 0 Å². The van der Waals surface area contributed by atoms with Crippen LogP contribution in [0.4, 0.5) is 0 Å². The SMILES string of the molecule is CC(=O)SCCNC(=O)CN. The van der Waals surface area contributed by atoms with Gasteiger partial charge in [-0.3, -0.25) is 9.59 Å². The van der Waals surface area contributed by atoms with Gasteiger partial charge >= 0.3 is 0 Å². The maximum atomic E-state index is 10.5. The van der Waals surface area contributed by atoms with Crippen molar-refractivity contribution in [3.63, 3.8) is 0 Å². The van der Waals surface area contributed by atoms with Crippen molar-refractivity contribution < 1.29 is 9.59 Å². The van der Waals surface area contributed by atoms with Crippen LogP contribution in [0.1, 0.15) is 6.92 Å². The van der Waals surface area contributed by atoms with Gasteiger partial charge < -0.3 is 11.1 Å². The van der Waals surface area contributed by atoms with Crippen molar-refractivity contribution in [1.29, 1.82) is 0 Å². The predicted octanol–water partition coefficient (Wildman–Crippen LogP) is -0.659. The summed E-state index contributed by atoms with van der Waals surface area (Å²) in [6.07, 6.45) is 0. The molecule has 64 valence electrons. The van der Waals surface area contributed by atoms with Crippen LogP contribution in [0.5, 0.6) is 0 Å². The molecule has 0 atom stereocenters. The number of rotatable bonds is 4. The quantitative estimate of drug-likeness (QED) is 0.558. The Hall–Kier alpha value is -0.550. The summed E-state index contributed by atoms with van der Waals surface area (Å²) in [6, 6.07) is 0. The zero-order chi connectivity index (χ0) is 8.69. The largest absolute Gasteiger partial charge is 0.354 e. The van der Waals surface area contributed by atoms with Crippen molar-refractivity contribution in [2.24, 2.45) is 5.73 Å². The molecular formula is C6H12N2O2S. The van der Waals surface area contributed by atoms with E-state index in [1.54, 1.807) is 0 Å². The predicted molar refractivity (Wildman–Crippen MR) is 45.2 cm³/mol. The highest BCUT2D eigenvalue weighted by Gasteiger charge is 1.96. The van der Waals surface area contributed by atoms with E-state index in [4.69, 9.17) is 5.73 Å². The summed E-state index contributed by atoms with van der Waals surface area (Å²) >= 11 is 1.19. The second-order valence-corrected chi connectivity index (χ2v) is 3.17. The number of hydrogen-bond acceptors (Lipinski definition) is 4. The Kier molecular flexibility index (Phi) is 5.87. The number of nitrogens with one attached hydrogen (secondary N) is 1. The van der Waals surface area contributed by atoms with Crippen LogP contribution in [-0.2, 0) is 9.59 Å². The zero-order valence-corrected chi connectivity index (χ0v) is 7.24. The van der Waals surface area contributed by atoms with E-state index >= 15 is 0 Å². The molecule has 0 rings (SSSR count). The van der Waals surface area contributed by atoms with Gasteiger partial charge in [0.25, 0.3) is 0 Å². The first-order valence-electron chi connectivity index (χ1n) is 3.27. The molecule has 0 radical (unpaired) electrons. The lowest BCUT2D eigenvalue weighted by Gasteiger charge is -2.00. The van der Waals surface area contributed by atoms with E-state index in [0.29, 0.717) is 12.3 Å². The fraction of sp³-hybridized carbons (Fsp3) is 0.667. The maximum Gasteiger partial charge on any atom is 0.233 e. The summed E-state index contributed by atoms with van der Waals surface area (Å²) in [5, 5.41) is 2.61. The highest BCUT2D eigenvalue weighted by molar-refractivity contribution is 8.13. The minimum Gasteiger partial charge on any atom is -0.354 e. The van der Waals surface area contributed by atoms with Gasteiger partial charge in [0, 0.05) is 19.2 Å². The summed E-state index contributed by atoms with van der Waals surface area (Å²) in [7, 11) is 0. The molecule has 0 aromatic heterocycles. The number of hydrogen-bond donors (Lipinski definition) is 2. The van der Waals surface area contributed by atoms with Gasteiger partial charge in [0.15, 0.2) is 5.12 Å². The van der Waals surface area contributed by atoms with Gasteiger partial charge in [0.05, 0.1) is 6.54 Å². The average Bonchev–Trinajstić information content (AvgIpc) is 1.97. The molecule has 0 bridgehead atoms. The molecule has 0 aromatic carbocycles. The molecule has 0 aliphatic carbocycles. The number of nitrogens with two attached hydrogens (primary N) is 1. The van der Waals surface area contributed by atoms with E-state index < -0.39 is 0 Å². The minimum atomic E-state index is -0.186. The Morgan fingerprint density at radius 2 is 2.18 bits per heavy atom. The van der Waals surface area contributed by atoms with Crippen molar-refractivity contribution in [3.05, 3.63) is 0 Å². The Balaban J connectivity index is 3.14. The number of carbonyl (C=O) groups excluding carboxylic acids is 2. The average molecular weight is 176 g/mol. The number of carbonyl (C=O) groups is 2. The molecule has 3 N–H and O–H groups in total. The molecular weight excluding hydrogens is 164 g/mol. The fourth-order valence-electron chi connectivity index (χ4n) is 0.457. The lowest BCUT2D eigenvalue weighted by atomic mass is 10.6. The van der Waals surface area contributed by atoms with Gasteiger partial charge in [-0.05, 0) is 0 Å². The second kappa shape index (κ2) is 6.18. The standard InChI is InChI=1S/C6H12N2O2S/c1-5(9)11-3-2-8-6(10)4-7/h2-4,7H2,1H3,(H,8,10). The third-order valence-corrected chi connectivity index (χ3v) is 1.73. The van der Waals surface area contributed by atoms with E-state index in [-0.39, 0.29) is 17.6 Å². The lowest BCUT2D eigenvalue weighted by molar-refractivity contribution is -0.119. The second-order valence-electron chi connectivity index (χ2n) is 1.89. The normalized spacial score (nSPS) is 9.27. The summed E-state index contributed by atoms with van der Waals surface area (Å²) in [6.45, 7) is 2.00. The van der Waals surface area contributed by atoms with Crippen LogP contribution < -0.4 is 11.1 Å². The van der Waals surface area contributed by atoms with Crippen LogP contribution in [0.3, 0.4) is 0 Å². The Labute approximate surface area is 69.9 Å². The maximum absolute atomic E-state index is 10.5. The molecule has 1 amide bonds. The van der Waals surface area contributed by atoms with Crippen LogP contribution in [-0.4, -0.2) is 29.9 Å². The van der Waals surface area contributed by atoms with Crippen LogP contribution >= 0.6 is 11.8 Å². The van der Waals surface area contributed by atoms with E-state index in [1.165, 1.54) is 18.7 Å². The molecule has 0 saturated heterocycles. The van der Waals surface area contributed by atoms with Gasteiger partial charge in [-0.1, -0.05) is 11.8 Å². The molecule has 0 aliphatic heterocycles. The summed E-state index contributed by atoms with van der Waals surface area (Å²) in [4.78, 5) is 20.9. The topological polar surface area (TPSA) is 72.2 Å². The molecule has 4 nitrogen and oxygen atoms in total. The number of thioether (sulfide) groups is 1. The third kappa shape index (κ3) is 7.35. The summed E-state index contributed by atoms with van der Waals surface area (Å²) in [5.74, 6) is 0.426. The first-order valence-corrected chi connectivity index (χ1v) is 4.25. The molecule has 0 aliphatic rings. The van der Waals surface area contributed by atoms with Crippen molar-refractivity contribution in [1.82, 2.24) is 5.32 Å².